The second kappa shape index (κ2) is 22.5. The molecular weight excluding hydrogens is 931 g/mol. The zero-order chi connectivity index (χ0) is 51.7. The maximum atomic E-state index is 12.5. The van der Waals surface area contributed by atoms with E-state index in [2.05, 4.69) is 136 Å². The molecule has 9 aromatic rings. The Morgan fingerprint density at radius 1 is 0.373 bits per heavy atom. The first-order valence-electron chi connectivity index (χ1n) is 24.8. The zero-order valence-electron chi connectivity index (χ0n) is 42.6. The van der Waals surface area contributed by atoms with E-state index in [1.165, 1.54) is 0 Å². The number of hydrogen-bond acceptors (Lipinski definition) is 9. The standard InChI is InChI=1S/C66H57N3O6/c1-71-62-25-13-8-20-57(62)67(56-19-7-6-18-49(56)45-70)53-36-30-46(31-37-53)50-42-51(47-32-38-54(39-33-47)68(58-21-9-14-26-63(58)72-2)59-22-10-15-27-64(59)73-3)44-52(43-50)48-34-40-55(41-35-48)69(60-23-11-16-28-65(60)74-4)61-24-12-17-29-66(61)75-5/h6-18,20-45,56H,19H2,1-5H3. The lowest BCUT2D eigenvalue weighted by atomic mass is 9.92. The van der Waals surface area contributed by atoms with Crippen LogP contribution < -0.4 is 38.4 Å². The Kier molecular flexibility index (Phi) is 14.8. The van der Waals surface area contributed by atoms with Crippen LogP contribution >= 0.6 is 0 Å². The first kappa shape index (κ1) is 49.1. The molecule has 0 heterocycles. The fourth-order valence-electron chi connectivity index (χ4n) is 9.94. The van der Waals surface area contributed by atoms with Crippen molar-refractivity contribution in [1.82, 2.24) is 0 Å². The molecule has 9 nitrogen and oxygen atoms in total. The normalized spacial score (nSPS) is 12.8. The molecule has 0 saturated heterocycles. The van der Waals surface area contributed by atoms with E-state index in [0.717, 1.165) is 114 Å². The highest BCUT2D eigenvalue weighted by atomic mass is 16.5. The molecule has 0 amide bonds. The van der Waals surface area contributed by atoms with Gasteiger partial charge in [-0.05, 0) is 155 Å². The summed E-state index contributed by atoms with van der Waals surface area (Å²) in [5.41, 5.74) is 14.1. The number of anilines is 8. The van der Waals surface area contributed by atoms with E-state index in [-0.39, 0.29) is 6.04 Å². The van der Waals surface area contributed by atoms with Gasteiger partial charge in [0.25, 0.3) is 0 Å². The van der Waals surface area contributed by atoms with Gasteiger partial charge in [0.15, 0.2) is 0 Å². The Morgan fingerprint density at radius 2 is 0.680 bits per heavy atom. The monoisotopic (exact) mass is 987 g/mol. The lowest BCUT2D eigenvalue weighted by Gasteiger charge is -2.35. The van der Waals surface area contributed by atoms with E-state index in [0.29, 0.717) is 12.0 Å². The predicted octanol–water partition coefficient (Wildman–Crippen LogP) is 16.3. The Labute approximate surface area is 439 Å². The van der Waals surface area contributed by atoms with Gasteiger partial charge in [-0.2, -0.15) is 0 Å². The molecule has 75 heavy (non-hydrogen) atoms. The first-order valence-corrected chi connectivity index (χ1v) is 24.8. The van der Waals surface area contributed by atoms with Crippen LogP contribution in [0.2, 0.25) is 0 Å². The molecular formula is C66H57N3O6. The number of para-hydroxylation sites is 10. The minimum Gasteiger partial charge on any atom is -0.495 e. The topological polar surface area (TPSA) is 72.9 Å². The van der Waals surface area contributed by atoms with Crippen molar-refractivity contribution < 1.29 is 28.5 Å². The lowest BCUT2D eigenvalue weighted by Crippen LogP contribution is -2.34. The van der Waals surface area contributed by atoms with Crippen LogP contribution in [-0.4, -0.2) is 47.9 Å². The molecule has 10 rings (SSSR count). The fraction of sp³-hybridized carbons (Fsp3) is 0.106. The van der Waals surface area contributed by atoms with Crippen LogP contribution in [0, 0.1) is 0 Å². The molecule has 0 N–H and O–H groups in total. The van der Waals surface area contributed by atoms with Crippen LogP contribution in [0.4, 0.5) is 45.5 Å². The lowest BCUT2D eigenvalue weighted by molar-refractivity contribution is -0.105. The molecule has 1 aliphatic carbocycles. The molecule has 0 saturated carbocycles. The molecule has 1 atom stereocenters. The minimum absolute atomic E-state index is 0.223. The summed E-state index contributed by atoms with van der Waals surface area (Å²) in [5.74, 6) is 3.66. The summed E-state index contributed by atoms with van der Waals surface area (Å²) in [5, 5.41) is 0. The number of carbonyl (C=O) groups excluding carboxylic acids is 1. The van der Waals surface area contributed by atoms with E-state index in [9.17, 15) is 4.79 Å². The number of allylic oxidation sites excluding steroid dienone is 2. The zero-order valence-corrected chi connectivity index (χ0v) is 42.6. The number of hydrogen-bond donors (Lipinski definition) is 0. The van der Waals surface area contributed by atoms with Gasteiger partial charge in [0.2, 0.25) is 0 Å². The van der Waals surface area contributed by atoms with Crippen molar-refractivity contribution in [3.63, 3.8) is 0 Å². The molecule has 1 unspecified atom stereocenters. The molecule has 9 aromatic carbocycles. The van der Waals surface area contributed by atoms with Crippen LogP contribution in [0.5, 0.6) is 28.7 Å². The van der Waals surface area contributed by atoms with Crippen LogP contribution in [0.25, 0.3) is 33.4 Å². The van der Waals surface area contributed by atoms with E-state index >= 15 is 0 Å². The van der Waals surface area contributed by atoms with Gasteiger partial charge in [0, 0.05) is 22.6 Å². The number of aldehydes is 1. The number of rotatable bonds is 18. The third kappa shape index (κ3) is 10.0. The molecule has 9 heteroatoms. The van der Waals surface area contributed by atoms with Crippen LogP contribution in [-0.2, 0) is 4.79 Å². The van der Waals surface area contributed by atoms with Gasteiger partial charge in [-0.25, -0.2) is 0 Å². The average Bonchev–Trinajstić information content (AvgIpc) is 3.48. The van der Waals surface area contributed by atoms with E-state index in [1.807, 2.05) is 109 Å². The smallest absolute Gasteiger partial charge is 0.148 e. The molecule has 0 aromatic heterocycles. The van der Waals surface area contributed by atoms with Crippen molar-refractivity contribution in [2.24, 2.45) is 0 Å². The maximum Gasteiger partial charge on any atom is 0.148 e. The van der Waals surface area contributed by atoms with Gasteiger partial charge >= 0.3 is 0 Å². The van der Waals surface area contributed by atoms with E-state index in [4.69, 9.17) is 23.7 Å². The van der Waals surface area contributed by atoms with Gasteiger partial charge in [-0.3, -0.25) is 4.79 Å². The van der Waals surface area contributed by atoms with Gasteiger partial charge in [-0.15, -0.1) is 0 Å². The van der Waals surface area contributed by atoms with Crippen molar-refractivity contribution in [3.05, 3.63) is 236 Å². The first-order chi connectivity index (χ1) is 36.9. The van der Waals surface area contributed by atoms with Crippen molar-refractivity contribution >= 4 is 51.8 Å². The quantitative estimate of drug-likeness (QED) is 0.0782. The Morgan fingerprint density at radius 3 is 1.01 bits per heavy atom. The second-order valence-electron chi connectivity index (χ2n) is 17.8. The van der Waals surface area contributed by atoms with Gasteiger partial charge < -0.3 is 38.4 Å². The SMILES string of the molecule is COc1ccccc1N(c1ccc(-c2cc(-c3ccc(N(c4ccccc4OC)c4ccccc4OC)cc3)cc(-c3ccc(N(c4ccccc4OC)C4CC=CC=C4C=O)cc3)c2)cc1)c1ccccc1OC. The van der Waals surface area contributed by atoms with Gasteiger partial charge in [0.05, 0.1) is 70.0 Å². The van der Waals surface area contributed by atoms with Gasteiger partial charge in [-0.1, -0.05) is 115 Å². The number of ether oxygens (including phenoxy) is 5. The highest BCUT2D eigenvalue weighted by Gasteiger charge is 2.28. The summed E-state index contributed by atoms with van der Waals surface area (Å²) in [6.07, 6.45) is 7.57. The van der Waals surface area contributed by atoms with Crippen molar-refractivity contribution in [2.75, 3.05) is 50.2 Å². The van der Waals surface area contributed by atoms with Crippen molar-refractivity contribution in [3.8, 4) is 62.1 Å². The third-order valence-electron chi connectivity index (χ3n) is 13.6. The highest BCUT2D eigenvalue weighted by molar-refractivity contribution is 5.89. The van der Waals surface area contributed by atoms with Crippen LogP contribution in [0.3, 0.4) is 0 Å². The molecule has 0 fully saturated rings. The summed E-state index contributed by atoms with van der Waals surface area (Å²) in [4.78, 5) is 19.0. The minimum atomic E-state index is -0.223. The maximum absolute atomic E-state index is 12.5. The Bertz CT molecular complexity index is 3240. The summed E-state index contributed by atoms with van der Waals surface area (Å²) < 4.78 is 29.5. The third-order valence-corrected chi connectivity index (χ3v) is 13.6. The summed E-state index contributed by atoms with van der Waals surface area (Å²) in [7, 11) is 8.44. The summed E-state index contributed by atoms with van der Waals surface area (Å²) in [6.45, 7) is 0. The van der Waals surface area contributed by atoms with E-state index < -0.39 is 0 Å². The number of benzene rings is 9. The van der Waals surface area contributed by atoms with Crippen LogP contribution in [0.15, 0.2) is 236 Å². The second-order valence-corrected chi connectivity index (χ2v) is 17.8. The number of carbonyl (C=O) groups is 1. The van der Waals surface area contributed by atoms with Crippen LogP contribution in [0.1, 0.15) is 6.42 Å². The summed E-state index contributed by atoms with van der Waals surface area (Å²) in [6, 6.07) is 72.3. The number of methoxy groups -OCH3 is 5. The largest absolute Gasteiger partial charge is 0.495 e. The van der Waals surface area contributed by atoms with Gasteiger partial charge in [0.1, 0.15) is 35.0 Å². The Balaban J connectivity index is 1.09. The fourth-order valence-corrected chi connectivity index (χ4v) is 9.94. The average molecular weight is 988 g/mol. The molecule has 0 spiro atoms. The molecule has 0 bridgehead atoms. The molecule has 1 aliphatic rings. The van der Waals surface area contributed by atoms with Crippen molar-refractivity contribution in [2.45, 2.75) is 12.5 Å². The predicted molar refractivity (Wildman–Crippen MR) is 305 cm³/mol. The molecule has 0 aliphatic heterocycles. The Hall–Kier alpha value is -9.47. The van der Waals surface area contributed by atoms with E-state index in [1.54, 1.807) is 35.5 Å². The number of nitrogens with zero attached hydrogens (tertiary/aromatic N) is 3. The molecule has 372 valence electrons. The molecule has 0 radical (unpaired) electrons. The summed E-state index contributed by atoms with van der Waals surface area (Å²) >= 11 is 0. The highest BCUT2D eigenvalue weighted by Crippen LogP contribution is 2.47. The van der Waals surface area contributed by atoms with Crippen molar-refractivity contribution in [1.29, 1.82) is 0 Å².